The van der Waals surface area contributed by atoms with Gasteiger partial charge in [0, 0.05) is 25.0 Å². The number of imidazole rings is 1. The van der Waals surface area contributed by atoms with E-state index in [1.807, 2.05) is 18.2 Å². The predicted molar refractivity (Wildman–Crippen MR) is 55.6 cm³/mol. The zero-order valence-electron chi connectivity index (χ0n) is 8.18. The second-order valence-corrected chi connectivity index (χ2v) is 3.08. The Morgan fingerprint density at radius 2 is 2.07 bits per heavy atom. The smallest absolute Gasteiger partial charge is 0.183 e. The van der Waals surface area contributed by atoms with E-state index in [1.165, 1.54) is 0 Å². The number of pyridine rings is 1. The van der Waals surface area contributed by atoms with Crippen LogP contribution >= 0.6 is 0 Å². The van der Waals surface area contributed by atoms with E-state index in [2.05, 4.69) is 9.97 Å². The number of nitrogens with zero attached hydrogens (tertiary/aromatic N) is 4. The largest absolute Gasteiger partial charge is 0.383 e. The van der Waals surface area contributed by atoms with Gasteiger partial charge in [0.15, 0.2) is 5.69 Å². The molecule has 0 radical (unpaired) electrons. The lowest BCUT2D eigenvalue weighted by Crippen LogP contribution is -1.98. The number of nitrogen functional groups attached to an aromatic ring is 1. The molecule has 5 nitrogen and oxygen atoms in total. The topological polar surface area (TPSA) is 80.5 Å². The van der Waals surface area contributed by atoms with Gasteiger partial charge in [-0.15, -0.1) is 0 Å². The Balaban J connectivity index is 2.61. The van der Waals surface area contributed by atoms with Crippen LogP contribution in [0.2, 0.25) is 0 Å². The second-order valence-electron chi connectivity index (χ2n) is 3.08. The monoisotopic (exact) mass is 199 g/mol. The first-order valence-corrected chi connectivity index (χ1v) is 4.36. The third kappa shape index (κ3) is 1.42. The van der Waals surface area contributed by atoms with Crippen molar-refractivity contribution in [1.29, 1.82) is 5.26 Å². The highest BCUT2D eigenvalue weighted by atomic mass is 15.1. The maximum Gasteiger partial charge on any atom is 0.183 e. The van der Waals surface area contributed by atoms with E-state index in [4.69, 9.17) is 11.0 Å². The number of anilines is 1. The minimum Gasteiger partial charge on any atom is -0.383 e. The van der Waals surface area contributed by atoms with Crippen LogP contribution in [0.25, 0.3) is 11.4 Å². The Bertz CT molecular complexity index is 521. The molecule has 15 heavy (non-hydrogen) atoms. The van der Waals surface area contributed by atoms with Crippen LogP contribution in [0.15, 0.2) is 24.5 Å². The highest BCUT2D eigenvalue weighted by Crippen LogP contribution is 2.21. The van der Waals surface area contributed by atoms with E-state index < -0.39 is 0 Å². The lowest BCUT2D eigenvalue weighted by Gasteiger charge is -2.01. The molecule has 0 spiro atoms. The molecular formula is C10H9N5. The van der Waals surface area contributed by atoms with E-state index >= 15 is 0 Å². The zero-order valence-corrected chi connectivity index (χ0v) is 8.18. The average molecular weight is 199 g/mol. The van der Waals surface area contributed by atoms with E-state index in [-0.39, 0.29) is 5.69 Å². The van der Waals surface area contributed by atoms with Crippen LogP contribution in [0.3, 0.4) is 0 Å². The molecule has 5 heteroatoms. The lowest BCUT2D eigenvalue weighted by atomic mass is 10.2. The van der Waals surface area contributed by atoms with Gasteiger partial charge < -0.3 is 10.3 Å². The fraction of sp³-hybridized carbons (Fsp3) is 0.100. The molecule has 0 bridgehead atoms. The summed E-state index contributed by atoms with van der Waals surface area (Å²) >= 11 is 0. The van der Waals surface area contributed by atoms with Gasteiger partial charge in [-0.2, -0.15) is 5.26 Å². The summed E-state index contributed by atoms with van der Waals surface area (Å²) in [7, 11) is 1.78. The van der Waals surface area contributed by atoms with Crippen molar-refractivity contribution in [3.8, 4) is 17.5 Å². The number of hydrogen-bond acceptors (Lipinski definition) is 4. The summed E-state index contributed by atoms with van der Waals surface area (Å²) in [6.45, 7) is 0. The number of aromatic nitrogens is 3. The maximum atomic E-state index is 8.78. The van der Waals surface area contributed by atoms with Gasteiger partial charge in [-0.1, -0.05) is 0 Å². The molecule has 2 N–H and O–H groups in total. The molecule has 0 fully saturated rings. The zero-order chi connectivity index (χ0) is 10.8. The van der Waals surface area contributed by atoms with Gasteiger partial charge in [0.25, 0.3) is 0 Å². The van der Waals surface area contributed by atoms with E-state index in [0.717, 1.165) is 5.56 Å². The summed E-state index contributed by atoms with van der Waals surface area (Å²) < 4.78 is 1.69. The molecule has 0 atom stereocenters. The molecule has 2 heterocycles. The first-order valence-electron chi connectivity index (χ1n) is 4.36. The number of nitriles is 1. The first kappa shape index (κ1) is 9.21. The van der Waals surface area contributed by atoms with E-state index in [9.17, 15) is 0 Å². The maximum absolute atomic E-state index is 8.78. The third-order valence-corrected chi connectivity index (χ3v) is 2.18. The number of rotatable bonds is 1. The van der Waals surface area contributed by atoms with Gasteiger partial charge in [-0.25, -0.2) is 4.98 Å². The van der Waals surface area contributed by atoms with Crippen molar-refractivity contribution in [2.75, 3.05) is 5.73 Å². The quantitative estimate of drug-likeness (QED) is 0.741. The molecule has 0 aliphatic rings. The van der Waals surface area contributed by atoms with Gasteiger partial charge in [-0.3, -0.25) is 4.98 Å². The molecule has 0 amide bonds. The molecular weight excluding hydrogens is 190 g/mol. The van der Waals surface area contributed by atoms with Crippen LogP contribution in [0, 0.1) is 11.3 Å². The highest BCUT2D eigenvalue weighted by Gasteiger charge is 2.12. The molecule has 0 unspecified atom stereocenters. The fourth-order valence-electron chi connectivity index (χ4n) is 1.35. The minimum absolute atomic E-state index is 0.254. The lowest BCUT2D eigenvalue weighted by molar-refractivity contribution is 0.936. The Hall–Kier alpha value is -2.35. The van der Waals surface area contributed by atoms with Gasteiger partial charge in [-0.05, 0) is 12.1 Å². The van der Waals surface area contributed by atoms with Gasteiger partial charge in [0.2, 0.25) is 0 Å². The summed E-state index contributed by atoms with van der Waals surface area (Å²) in [6, 6.07) is 5.60. The summed E-state index contributed by atoms with van der Waals surface area (Å²) in [5.41, 5.74) is 6.86. The third-order valence-electron chi connectivity index (χ3n) is 2.18. The Morgan fingerprint density at radius 3 is 2.60 bits per heavy atom. The standard InChI is InChI=1S/C10H9N5/c1-15-9(12)8(6-11)14-10(15)7-2-4-13-5-3-7/h2-5H,12H2,1H3. The summed E-state index contributed by atoms with van der Waals surface area (Å²) in [5, 5.41) is 8.78. The molecule has 0 aliphatic heterocycles. The Labute approximate surface area is 86.8 Å². The van der Waals surface area contributed by atoms with Crippen molar-refractivity contribution in [1.82, 2.24) is 14.5 Å². The van der Waals surface area contributed by atoms with Crippen molar-refractivity contribution < 1.29 is 0 Å². The average Bonchev–Trinajstić information content (AvgIpc) is 2.57. The molecule has 0 saturated heterocycles. The van der Waals surface area contributed by atoms with E-state index in [1.54, 1.807) is 24.0 Å². The van der Waals surface area contributed by atoms with Crippen LogP contribution in [0.1, 0.15) is 5.69 Å². The molecule has 2 aromatic rings. The number of hydrogen-bond donors (Lipinski definition) is 1. The predicted octanol–water partition coefficient (Wildman–Crippen LogP) is 0.936. The minimum atomic E-state index is 0.254. The molecule has 0 saturated carbocycles. The molecule has 0 aromatic carbocycles. The highest BCUT2D eigenvalue weighted by molar-refractivity contribution is 5.61. The Kier molecular flexibility index (Phi) is 2.10. The van der Waals surface area contributed by atoms with Crippen molar-refractivity contribution in [2.24, 2.45) is 7.05 Å². The van der Waals surface area contributed by atoms with Crippen molar-refractivity contribution in [3.63, 3.8) is 0 Å². The molecule has 2 rings (SSSR count). The second kappa shape index (κ2) is 3.42. The van der Waals surface area contributed by atoms with Crippen LogP contribution < -0.4 is 5.73 Å². The van der Waals surface area contributed by atoms with Crippen LogP contribution in [-0.4, -0.2) is 14.5 Å². The molecule has 2 aromatic heterocycles. The molecule has 74 valence electrons. The summed E-state index contributed by atoms with van der Waals surface area (Å²) in [4.78, 5) is 8.06. The Morgan fingerprint density at radius 1 is 1.40 bits per heavy atom. The normalized spacial score (nSPS) is 9.87. The van der Waals surface area contributed by atoms with Crippen molar-refractivity contribution in [2.45, 2.75) is 0 Å². The van der Waals surface area contributed by atoms with Crippen LogP contribution in [0.5, 0.6) is 0 Å². The van der Waals surface area contributed by atoms with Gasteiger partial charge in [0.1, 0.15) is 17.7 Å². The van der Waals surface area contributed by atoms with Crippen LogP contribution in [0.4, 0.5) is 5.82 Å². The van der Waals surface area contributed by atoms with Crippen molar-refractivity contribution >= 4 is 5.82 Å². The summed E-state index contributed by atoms with van der Waals surface area (Å²) in [5.74, 6) is 1.05. The first-order chi connectivity index (χ1) is 7.24. The van der Waals surface area contributed by atoms with Gasteiger partial charge >= 0.3 is 0 Å². The molecule has 0 aliphatic carbocycles. The van der Waals surface area contributed by atoms with E-state index in [0.29, 0.717) is 11.6 Å². The van der Waals surface area contributed by atoms with Gasteiger partial charge in [0.05, 0.1) is 0 Å². The fourth-order valence-corrected chi connectivity index (χ4v) is 1.35. The van der Waals surface area contributed by atoms with Crippen molar-refractivity contribution in [3.05, 3.63) is 30.2 Å². The SMILES string of the molecule is Cn1c(-c2ccncc2)nc(C#N)c1N. The summed E-state index contributed by atoms with van der Waals surface area (Å²) in [6.07, 6.45) is 3.35. The number of nitrogens with two attached hydrogens (primary N) is 1. The van der Waals surface area contributed by atoms with Crippen LogP contribution in [-0.2, 0) is 7.05 Å².